The third kappa shape index (κ3) is 2.93. The summed E-state index contributed by atoms with van der Waals surface area (Å²) in [4.78, 5) is 12.0. The maximum absolute atomic E-state index is 12.0. The van der Waals surface area contributed by atoms with E-state index in [4.69, 9.17) is 4.74 Å². The molecule has 1 heterocycles. The molecule has 104 valence electrons. The molecule has 0 saturated heterocycles. The minimum Gasteiger partial charge on any atom is -0.461 e. The molecule has 20 heavy (non-hydrogen) atoms. The van der Waals surface area contributed by atoms with E-state index in [1.807, 2.05) is 31.2 Å². The lowest BCUT2D eigenvalue weighted by Gasteiger charge is -2.12. The maximum atomic E-state index is 12.0. The predicted molar refractivity (Wildman–Crippen MR) is 78.8 cm³/mol. The van der Waals surface area contributed by atoms with Crippen molar-refractivity contribution >= 4 is 22.6 Å². The highest BCUT2D eigenvalue weighted by molar-refractivity contribution is 6.03. The zero-order chi connectivity index (χ0) is 14.5. The summed E-state index contributed by atoms with van der Waals surface area (Å²) < 4.78 is 5.02. The lowest BCUT2D eigenvalue weighted by atomic mass is 10.1. The predicted octanol–water partition coefficient (Wildman–Crippen LogP) is 2.79. The standard InChI is InChI=1S/C15H17N3O2/c1-4-20-15(19)14-13(16-9-10(2)3)11-7-5-6-8-12(11)17-18-14/h5-8H,2,4,9H2,1,3H3,(H,16,17). The first kappa shape index (κ1) is 14.0. The van der Waals surface area contributed by atoms with Crippen LogP contribution in [0.5, 0.6) is 0 Å². The van der Waals surface area contributed by atoms with Crippen LogP contribution in [0.1, 0.15) is 24.3 Å². The first-order valence-electron chi connectivity index (χ1n) is 6.44. The Bertz CT molecular complexity index is 653. The van der Waals surface area contributed by atoms with E-state index >= 15 is 0 Å². The number of fused-ring (bicyclic) bond motifs is 1. The number of aromatic nitrogens is 2. The van der Waals surface area contributed by atoms with Crippen molar-refractivity contribution in [2.24, 2.45) is 0 Å². The Kier molecular flexibility index (Phi) is 4.30. The van der Waals surface area contributed by atoms with Gasteiger partial charge in [0.15, 0.2) is 5.69 Å². The van der Waals surface area contributed by atoms with E-state index in [1.165, 1.54) is 0 Å². The summed E-state index contributed by atoms with van der Waals surface area (Å²) in [5, 5.41) is 12.1. The Hall–Kier alpha value is -2.43. The summed E-state index contributed by atoms with van der Waals surface area (Å²) in [6.45, 7) is 8.37. The van der Waals surface area contributed by atoms with Crippen LogP contribution in [0.4, 0.5) is 5.69 Å². The number of nitrogens with one attached hydrogen (secondary N) is 1. The molecule has 0 fully saturated rings. The molecule has 5 heteroatoms. The highest BCUT2D eigenvalue weighted by atomic mass is 16.5. The molecule has 0 spiro atoms. The third-order valence-electron chi connectivity index (χ3n) is 2.70. The first-order chi connectivity index (χ1) is 9.63. The topological polar surface area (TPSA) is 64.1 Å². The average molecular weight is 271 g/mol. The summed E-state index contributed by atoms with van der Waals surface area (Å²) >= 11 is 0. The van der Waals surface area contributed by atoms with Crippen LogP contribution in [-0.4, -0.2) is 29.3 Å². The van der Waals surface area contributed by atoms with E-state index in [1.54, 1.807) is 6.92 Å². The number of rotatable bonds is 5. The van der Waals surface area contributed by atoms with Crippen molar-refractivity contribution in [3.8, 4) is 0 Å². The van der Waals surface area contributed by atoms with E-state index in [2.05, 4.69) is 22.1 Å². The fourth-order valence-corrected chi connectivity index (χ4v) is 1.81. The quantitative estimate of drug-likeness (QED) is 0.669. The van der Waals surface area contributed by atoms with Gasteiger partial charge in [0.2, 0.25) is 0 Å². The molecule has 2 rings (SSSR count). The van der Waals surface area contributed by atoms with Gasteiger partial charge in [0.25, 0.3) is 0 Å². The second-order valence-corrected chi connectivity index (χ2v) is 4.47. The van der Waals surface area contributed by atoms with Crippen LogP contribution in [0, 0.1) is 0 Å². The number of hydrogen-bond donors (Lipinski definition) is 1. The van der Waals surface area contributed by atoms with Gasteiger partial charge in [0, 0.05) is 11.9 Å². The molecule has 1 aromatic carbocycles. The van der Waals surface area contributed by atoms with Gasteiger partial charge < -0.3 is 10.1 Å². The van der Waals surface area contributed by atoms with Crippen molar-refractivity contribution in [2.75, 3.05) is 18.5 Å². The summed E-state index contributed by atoms with van der Waals surface area (Å²) in [6, 6.07) is 7.52. The molecule has 0 amide bonds. The molecule has 2 aromatic rings. The summed E-state index contributed by atoms with van der Waals surface area (Å²) in [5.41, 5.74) is 2.52. The van der Waals surface area contributed by atoms with Crippen molar-refractivity contribution in [2.45, 2.75) is 13.8 Å². The number of anilines is 1. The Balaban J connectivity index is 2.52. The van der Waals surface area contributed by atoms with Crippen molar-refractivity contribution in [1.29, 1.82) is 0 Å². The maximum Gasteiger partial charge on any atom is 0.361 e. The Morgan fingerprint density at radius 3 is 2.80 bits per heavy atom. The Morgan fingerprint density at radius 2 is 2.10 bits per heavy atom. The molecule has 0 atom stereocenters. The fourth-order valence-electron chi connectivity index (χ4n) is 1.81. The zero-order valence-corrected chi connectivity index (χ0v) is 11.6. The number of carbonyl (C=O) groups excluding carboxylic acids is 1. The minimum atomic E-state index is -0.477. The van der Waals surface area contributed by atoms with E-state index < -0.39 is 5.97 Å². The largest absolute Gasteiger partial charge is 0.461 e. The first-order valence-corrected chi connectivity index (χ1v) is 6.44. The van der Waals surface area contributed by atoms with Crippen molar-refractivity contribution in [3.05, 3.63) is 42.1 Å². The molecule has 0 aliphatic rings. The van der Waals surface area contributed by atoms with E-state index in [-0.39, 0.29) is 5.69 Å². The average Bonchev–Trinajstić information content (AvgIpc) is 2.44. The van der Waals surface area contributed by atoms with Crippen molar-refractivity contribution in [1.82, 2.24) is 10.2 Å². The third-order valence-corrected chi connectivity index (χ3v) is 2.70. The van der Waals surface area contributed by atoms with Crippen molar-refractivity contribution < 1.29 is 9.53 Å². The molecule has 0 bridgehead atoms. The fraction of sp³-hybridized carbons (Fsp3) is 0.267. The van der Waals surface area contributed by atoms with Gasteiger partial charge in [-0.15, -0.1) is 10.2 Å². The molecular weight excluding hydrogens is 254 g/mol. The van der Waals surface area contributed by atoms with Crippen LogP contribution in [-0.2, 0) is 4.74 Å². The zero-order valence-electron chi connectivity index (χ0n) is 11.6. The van der Waals surface area contributed by atoms with Crippen molar-refractivity contribution in [3.63, 3.8) is 0 Å². The number of ether oxygens (including phenoxy) is 1. The molecule has 5 nitrogen and oxygen atoms in total. The molecule has 0 radical (unpaired) electrons. The lowest BCUT2D eigenvalue weighted by molar-refractivity contribution is 0.0519. The monoisotopic (exact) mass is 271 g/mol. The normalized spacial score (nSPS) is 10.3. The minimum absolute atomic E-state index is 0.201. The number of benzene rings is 1. The van der Waals surface area contributed by atoms with Crippen LogP contribution < -0.4 is 5.32 Å². The smallest absolute Gasteiger partial charge is 0.361 e. The summed E-state index contributed by atoms with van der Waals surface area (Å²) in [7, 11) is 0. The SMILES string of the molecule is C=C(C)CNc1c(C(=O)OCC)nnc2ccccc12. The van der Waals surface area contributed by atoms with Gasteiger partial charge in [-0.3, -0.25) is 0 Å². The molecule has 0 aliphatic carbocycles. The highest BCUT2D eigenvalue weighted by Gasteiger charge is 2.18. The number of hydrogen-bond acceptors (Lipinski definition) is 5. The molecule has 0 saturated carbocycles. The van der Waals surface area contributed by atoms with Crippen LogP contribution in [0.15, 0.2) is 36.4 Å². The molecule has 0 aliphatic heterocycles. The van der Waals surface area contributed by atoms with Crippen LogP contribution in [0.2, 0.25) is 0 Å². The van der Waals surface area contributed by atoms with Gasteiger partial charge in [-0.2, -0.15) is 0 Å². The van der Waals surface area contributed by atoms with E-state index in [0.717, 1.165) is 16.5 Å². The van der Waals surface area contributed by atoms with Gasteiger partial charge in [-0.1, -0.05) is 30.4 Å². The summed E-state index contributed by atoms with van der Waals surface area (Å²) in [6.07, 6.45) is 0. The van der Waals surface area contributed by atoms with Gasteiger partial charge in [-0.05, 0) is 19.9 Å². The number of esters is 1. The molecular formula is C15H17N3O2. The number of nitrogens with zero attached hydrogens (tertiary/aromatic N) is 2. The van der Waals surface area contributed by atoms with Gasteiger partial charge >= 0.3 is 5.97 Å². The van der Waals surface area contributed by atoms with Gasteiger partial charge in [0.05, 0.1) is 17.8 Å². The van der Waals surface area contributed by atoms with E-state index in [0.29, 0.717) is 18.8 Å². The van der Waals surface area contributed by atoms with Gasteiger partial charge in [0.1, 0.15) is 0 Å². The van der Waals surface area contributed by atoms with Crippen LogP contribution >= 0.6 is 0 Å². The molecule has 1 N–H and O–H groups in total. The highest BCUT2D eigenvalue weighted by Crippen LogP contribution is 2.25. The second kappa shape index (κ2) is 6.14. The Morgan fingerprint density at radius 1 is 1.35 bits per heavy atom. The second-order valence-electron chi connectivity index (χ2n) is 4.47. The number of carbonyl (C=O) groups is 1. The van der Waals surface area contributed by atoms with Crippen LogP contribution in [0.3, 0.4) is 0 Å². The Labute approximate surface area is 117 Å². The lowest BCUT2D eigenvalue weighted by Crippen LogP contribution is -2.14. The molecule has 0 unspecified atom stereocenters. The van der Waals surface area contributed by atoms with Crippen LogP contribution in [0.25, 0.3) is 10.9 Å². The van der Waals surface area contributed by atoms with Gasteiger partial charge in [-0.25, -0.2) is 4.79 Å². The molecule has 1 aromatic heterocycles. The summed E-state index contributed by atoms with van der Waals surface area (Å²) in [5.74, 6) is -0.477. The van der Waals surface area contributed by atoms with E-state index in [9.17, 15) is 4.79 Å².